The predicted octanol–water partition coefficient (Wildman–Crippen LogP) is 9.12. The van der Waals surface area contributed by atoms with Gasteiger partial charge in [0.05, 0.1) is 0 Å². The first-order chi connectivity index (χ1) is 14.9. The van der Waals surface area contributed by atoms with Gasteiger partial charge in [-0.2, -0.15) is 0 Å². The van der Waals surface area contributed by atoms with E-state index in [1.165, 1.54) is 37.3 Å². The Morgan fingerprint density at radius 2 is 1.50 bits per heavy atom. The molecule has 34 heavy (non-hydrogen) atoms. The van der Waals surface area contributed by atoms with Crippen molar-refractivity contribution in [2.45, 2.75) is 86.3 Å². The van der Waals surface area contributed by atoms with Gasteiger partial charge in [0.15, 0.2) is 0 Å². The summed E-state index contributed by atoms with van der Waals surface area (Å²) in [4.78, 5) is 0. The van der Waals surface area contributed by atoms with Crippen LogP contribution in [0.2, 0.25) is 9.45 Å². The van der Waals surface area contributed by atoms with Crippen LogP contribution >= 0.6 is 24.8 Å². The van der Waals surface area contributed by atoms with E-state index in [1.807, 2.05) is 0 Å². The smallest absolute Gasteiger partial charge is 0.147 e. The predicted molar refractivity (Wildman–Crippen MR) is 157 cm³/mol. The Hall–Kier alpha value is -0.569. The zero-order valence-electron chi connectivity index (χ0n) is 22.3. The molecule has 1 unspecified atom stereocenters. The van der Waals surface area contributed by atoms with Crippen molar-refractivity contribution in [1.82, 2.24) is 0 Å². The maximum Gasteiger partial charge on any atom is -0.147 e. The van der Waals surface area contributed by atoms with Crippen LogP contribution in [-0.4, -0.2) is 7.63 Å². The summed E-state index contributed by atoms with van der Waals surface area (Å²) in [6, 6.07) is 12.4. The van der Waals surface area contributed by atoms with Crippen LogP contribution in [0, 0.1) is 0 Å². The molecule has 2 aliphatic rings. The third kappa shape index (κ3) is 4.98. The molecule has 0 nitrogen and oxygen atoms in total. The zero-order chi connectivity index (χ0) is 23.5. The van der Waals surface area contributed by atoms with Crippen LogP contribution in [0.3, 0.4) is 0 Å². The molecule has 0 heterocycles. The molecule has 185 valence electrons. The summed E-state index contributed by atoms with van der Waals surface area (Å²) in [5.74, 6) is 0. The second-order valence-electron chi connectivity index (χ2n) is 12.1. The molecule has 0 aliphatic heterocycles. The zero-order valence-corrected chi connectivity index (χ0v) is 26.9. The van der Waals surface area contributed by atoms with Gasteiger partial charge in [-0.25, -0.2) is 0 Å². The Bertz CT molecular complexity index is 1170. The molecule has 2 aromatic rings. The van der Waals surface area contributed by atoms with Crippen LogP contribution in [0.4, 0.5) is 0 Å². The van der Waals surface area contributed by atoms with Crippen LogP contribution in [0.15, 0.2) is 48.6 Å². The largest absolute Gasteiger partial charge is 0.147 e. The molecule has 0 N–H and O–H groups in total. The van der Waals surface area contributed by atoms with E-state index in [2.05, 4.69) is 112 Å². The molecule has 4 rings (SSSR count). The Balaban J connectivity index is 0.00000204. The van der Waals surface area contributed by atoms with Gasteiger partial charge in [0.25, 0.3) is 0 Å². The minimum atomic E-state index is -2.16. The monoisotopic (exact) mass is 549 g/mol. The molecule has 0 radical (unpaired) electrons. The van der Waals surface area contributed by atoms with Gasteiger partial charge in [0.2, 0.25) is 0 Å². The van der Waals surface area contributed by atoms with Crippen LogP contribution in [-0.2, 0) is 26.2 Å². The van der Waals surface area contributed by atoms with E-state index in [1.54, 1.807) is 16.7 Å². The number of halogens is 2. The van der Waals surface area contributed by atoms with Gasteiger partial charge in [0.1, 0.15) is 0 Å². The van der Waals surface area contributed by atoms with Gasteiger partial charge in [-0.15, -0.1) is 24.8 Å². The molecule has 0 bridgehead atoms. The number of hydrogen-bond acceptors (Lipinski definition) is 0. The number of rotatable bonds is 4. The molecule has 0 aromatic heterocycles. The van der Waals surface area contributed by atoms with Crippen molar-refractivity contribution in [3.05, 3.63) is 76.4 Å². The van der Waals surface area contributed by atoms with Gasteiger partial charge >= 0.3 is 202 Å². The Labute approximate surface area is 225 Å². The van der Waals surface area contributed by atoms with E-state index in [4.69, 9.17) is 0 Å². The molecule has 2 aromatic carbocycles. The fourth-order valence-electron chi connectivity index (χ4n) is 5.72. The minimum Gasteiger partial charge on any atom is -0.147 e. The summed E-state index contributed by atoms with van der Waals surface area (Å²) in [5, 5.41) is 0. The fraction of sp³-hybridized carbons (Fsp3) is 0.467. The summed E-state index contributed by atoms with van der Waals surface area (Å²) < 4.78 is 3.40. The van der Waals surface area contributed by atoms with Crippen LogP contribution in [0.25, 0.3) is 16.7 Å². The molecule has 0 saturated heterocycles. The number of hydrogen-bond donors (Lipinski definition) is 0. The molecular weight excluding hydrogens is 507 g/mol. The molecule has 4 heteroatoms. The van der Waals surface area contributed by atoms with Crippen molar-refractivity contribution in [1.29, 1.82) is 0 Å². The average molecular weight is 551 g/mol. The average Bonchev–Trinajstić information content (AvgIpc) is 3.37. The van der Waals surface area contributed by atoms with Crippen molar-refractivity contribution in [3.8, 4) is 11.1 Å². The van der Waals surface area contributed by atoms with Crippen LogP contribution in [0.1, 0.15) is 93.9 Å². The maximum absolute atomic E-state index is 2.60. The van der Waals surface area contributed by atoms with E-state index >= 15 is 0 Å². The molecule has 2 aliphatic carbocycles. The molecule has 0 spiro atoms. The molecule has 1 atom stereocenters. The summed E-state index contributed by atoms with van der Waals surface area (Å²) in [6.45, 7) is 19.2. The maximum atomic E-state index is 2.60. The third-order valence-electron chi connectivity index (χ3n) is 7.97. The van der Waals surface area contributed by atoms with E-state index in [0.29, 0.717) is 4.22 Å². The summed E-state index contributed by atoms with van der Waals surface area (Å²) in [6.07, 6.45) is 8.05. The first-order valence-electron chi connectivity index (χ1n) is 12.5. The van der Waals surface area contributed by atoms with Crippen molar-refractivity contribution in [2.24, 2.45) is 0 Å². The topological polar surface area (TPSA) is 0 Å². The minimum absolute atomic E-state index is 0. The van der Waals surface area contributed by atoms with Crippen molar-refractivity contribution in [3.63, 3.8) is 0 Å². The van der Waals surface area contributed by atoms with E-state index in [9.17, 15) is 0 Å². The summed E-state index contributed by atoms with van der Waals surface area (Å²) >= 11 is -2.16. The van der Waals surface area contributed by atoms with Crippen molar-refractivity contribution < 1.29 is 15.3 Å². The van der Waals surface area contributed by atoms with Gasteiger partial charge in [-0.05, 0) is 0 Å². The van der Waals surface area contributed by atoms with E-state index in [-0.39, 0.29) is 35.6 Å². The van der Waals surface area contributed by atoms with E-state index < -0.39 is 15.3 Å². The quantitative estimate of drug-likeness (QED) is 0.333. The SMILES string of the molecule is C[CH2][Ti](=[SiH2])([CH2]C)[CH]1c2cc(C(C)(C)C)ccc2-c2ccc(C(C)(C)C)c(C3=CC=CC3)c21.Cl.Cl. The Morgan fingerprint density at radius 1 is 0.882 bits per heavy atom. The molecule has 0 fully saturated rings. The summed E-state index contributed by atoms with van der Waals surface area (Å²) in [7, 11) is 2.45. The molecule has 0 saturated carbocycles. The molecule has 0 amide bonds. The van der Waals surface area contributed by atoms with E-state index in [0.717, 1.165) is 6.42 Å². The van der Waals surface area contributed by atoms with Gasteiger partial charge < -0.3 is 0 Å². The number of benzene rings is 2. The fourth-order valence-corrected chi connectivity index (χ4v) is 12.4. The Kier molecular flexibility index (Phi) is 9.10. The first kappa shape index (κ1) is 29.7. The number of fused-ring (bicyclic) bond motifs is 3. The van der Waals surface area contributed by atoms with Gasteiger partial charge in [0, 0.05) is 0 Å². The first-order valence-corrected chi connectivity index (χ1v) is 19.6. The standard InChI is InChI=1S/C26H29.2C2H5.2ClH.H2Si.Ti/c1-25(2,3)19-11-12-20-18(15-19)16-22-21(20)13-14-23(26(4,5)6)24(22)17-9-7-8-10-17;2*1-2;;;;/h7-9,11-16H,10H2,1-6H3;2*1H2,2H3;2*1H;1H2;. The second-order valence-corrected chi connectivity index (χ2v) is 25.2. The van der Waals surface area contributed by atoms with Gasteiger partial charge in [-0.3, -0.25) is 0 Å². The molecular formula is C30H43Cl2SiTi. The van der Waals surface area contributed by atoms with Crippen molar-refractivity contribution in [2.75, 3.05) is 0 Å². The van der Waals surface area contributed by atoms with Crippen LogP contribution in [0.5, 0.6) is 0 Å². The third-order valence-corrected chi connectivity index (χ3v) is 21.0. The van der Waals surface area contributed by atoms with Crippen molar-refractivity contribution >= 4 is 38.0 Å². The Morgan fingerprint density at radius 3 is 2.00 bits per heavy atom. The normalized spacial score (nSPS) is 16.9. The number of allylic oxidation sites excluding steroid dienone is 4. The van der Waals surface area contributed by atoms with Crippen LogP contribution < -0.4 is 0 Å². The van der Waals surface area contributed by atoms with Gasteiger partial charge in [-0.1, -0.05) is 0 Å². The summed E-state index contributed by atoms with van der Waals surface area (Å²) in [5.41, 5.74) is 12.8. The second kappa shape index (κ2) is 10.4.